The first-order valence-corrected chi connectivity index (χ1v) is 7.78. The van der Waals surface area contributed by atoms with Crippen molar-refractivity contribution >= 4 is 0 Å². The Morgan fingerprint density at radius 2 is 1.90 bits per heavy atom. The van der Waals surface area contributed by atoms with Crippen LogP contribution in [0.1, 0.15) is 45.1 Å². The summed E-state index contributed by atoms with van der Waals surface area (Å²) in [6.45, 7) is 5.36. The van der Waals surface area contributed by atoms with E-state index in [0.717, 1.165) is 25.8 Å². The Hall–Kier alpha value is -0.960. The van der Waals surface area contributed by atoms with Gasteiger partial charge in [-0.3, -0.25) is 0 Å². The number of rotatable bonds is 5. The highest BCUT2D eigenvalue weighted by atomic mass is 19.1. The summed E-state index contributed by atoms with van der Waals surface area (Å²) in [7, 11) is 0. The van der Waals surface area contributed by atoms with Crippen LogP contribution in [0, 0.1) is 23.5 Å². The van der Waals surface area contributed by atoms with Crippen molar-refractivity contribution in [1.82, 2.24) is 5.32 Å². The molecule has 0 aromatic heterocycles. The van der Waals surface area contributed by atoms with Gasteiger partial charge >= 0.3 is 0 Å². The van der Waals surface area contributed by atoms with E-state index in [0.29, 0.717) is 24.3 Å². The fourth-order valence-electron chi connectivity index (χ4n) is 3.31. The molecule has 1 fully saturated rings. The molecular weight excluding hydrogens is 256 g/mol. The average Bonchev–Trinajstić information content (AvgIpc) is 2.42. The van der Waals surface area contributed by atoms with Crippen LogP contribution < -0.4 is 5.32 Å². The lowest BCUT2D eigenvalue weighted by molar-refractivity contribution is 0.209. The second kappa shape index (κ2) is 7.16. The maximum Gasteiger partial charge on any atom is 0.129 e. The molecule has 0 spiro atoms. The Bertz CT molecular complexity index is 411. The van der Waals surface area contributed by atoms with E-state index in [1.165, 1.54) is 24.6 Å². The number of nitrogens with one attached hydrogen (secondary N) is 1. The highest BCUT2D eigenvalue weighted by molar-refractivity contribution is 5.20. The summed E-state index contributed by atoms with van der Waals surface area (Å²) in [6, 6.07) is 4.55. The molecule has 0 bridgehead atoms. The van der Waals surface area contributed by atoms with Crippen LogP contribution in [0.4, 0.5) is 8.78 Å². The monoisotopic (exact) mass is 281 g/mol. The molecule has 3 heteroatoms. The van der Waals surface area contributed by atoms with Gasteiger partial charge in [0.05, 0.1) is 0 Å². The molecular formula is C17H25F2N. The van der Waals surface area contributed by atoms with Crippen molar-refractivity contribution in [3.8, 4) is 0 Å². The molecule has 0 aliphatic heterocycles. The molecule has 0 heterocycles. The highest BCUT2D eigenvalue weighted by Gasteiger charge is 2.29. The number of hydrogen-bond acceptors (Lipinski definition) is 1. The van der Waals surface area contributed by atoms with Crippen LogP contribution >= 0.6 is 0 Å². The van der Waals surface area contributed by atoms with Crippen LogP contribution in [0.5, 0.6) is 0 Å². The van der Waals surface area contributed by atoms with E-state index in [2.05, 4.69) is 19.2 Å². The van der Waals surface area contributed by atoms with E-state index in [1.54, 1.807) is 0 Å². The fraction of sp³-hybridized carbons (Fsp3) is 0.647. The van der Waals surface area contributed by atoms with Crippen LogP contribution in [0.3, 0.4) is 0 Å². The van der Waals surface area contributed by atoms with Gasteiger partial charge in [-0.15, -0.1) is 0 Å². The molecule has 0 saturated heterocycles. The summed E-state index contributed by atoms with van der Waals surface area (Å²) in [4.78, 5) is 0. The lowest BCUT2D eigenvalue weighted by Crippen LogP contribution is -2.41. The largest absolute Gasteiger partial charge is 0.314 e. The molecule has 112 valence electrons. The second-order valence-electron chi connectivity index (χ2n) is 6.14. The Morgan fingerprint density at radius 1 is 1.20 bits per heavy atom. The van der Waals surface area contributed by atoms with Gasteiger partial charge in [0.25, 0.3) is 0 Å². The number of hydrogen-bond donors (Lipinski definition) is 1. The molecule has 1 aromatic carbocycles. The first-order valence-electron chi connectivity index (χ1n) is 7.78. The predicted octanol–water partition coefficient (Wildman–Crippen LogP) is 4.31. The topological polar surface area (TPSA) is 12.0 Å². The minimum Gasteiger partial charge on any atom is -0.314 e. The summed E-state index contributed by atoms with van der Waals surface area (Å²) >= 11 is 0. The van der Waals surface area contributed by atoms with E-state index in [1.807, 2.05) is 0 Å². The van der Waals surface area contributed by atoms with Crippen molar-refractivity contribution < 1.29 is 8.78 Å². The normalized spacial score (nSPS) is 26.7. The van der Waals surface area contributed by atoms with E-state index < -0.39 is 11.6 Å². The van der Waals surface area contributed by atoms with Gasteiger partial charge in [-0.1, -0.05) is 19.9 Å². The Balaban J connectivity index is 2.10. The van der Waals surface area contributed by atoms with E-state index in [-0.39, 0.29) is 5.56 Å². The SMILES string of the molecule is CCCNC1CCC(C)CC1Cc1c(F)cccc1F. The molecule has 20 heavy (non-hydrogen) atoms. The molecule has 1 saturated carbocycles. The minimum absolute atomic E-state index is 0.259. The number of benzene rings is 1. The zero-order valence-corrected chi connectivity index (χ0v) is 12.5. The Kier molecular flexibility index (Phi) is 5.53. The van der Waals surface area contributed by atoms with Crippen LogP contribution in [0.15, 0.2) is 18.2 Å². The first-order chi connectivity index (χ1) is 9.61. The van der Waals surface area contributed by atoms with Gasteiger partial charge in [0.15, 0.2) is 0 Å². The van der Waals surface area contributed by atoms with Crippen LogP contribution in [-0.4, -0.2) is 12.6 Å². The third kappa shape index (κ3) is 3.78. The van der Waals surface area contributed by atoms with Gasteiger partial charge in [-0.2, -0.15) is 0 Å². The van der Waals surface area contributed by atoms with E-state index >= 15 is 0 Å². The summed E-state index contributed by atoms with van der Waals surface area (Å²) in [6.07, 6.45) is 4.96. The number of halogens is 2. The molecule has 1 aliphatic carbocycles. The van der Waals surface area contributed by atoms with Crippen LogP contribution in [-0.2, 0) is 6.42 Å². The molecule has 1 nitrogen and oxygen atoms in total. The van der Waals surface area contributed by atoms with Gasteiger partial charge in [0.1, 0.15) is 11.6 Å². The van der Waals surface area contributed by atoms with Crippen molar-refractivity contribution in [1.29, 1.82) is 0 Å². The summed E-state index contributed by atoms with van der Waals surface area (Å²) < 4.78 is 27.6. The maximum absolute atomic E-state index is 13.8. The molecule has 3 unspecified atom stereocenters. The van der Waals surface area contributed by atoms with Crippen molar-refractivity contribution in [2.45, 2.75) is 52.0 Å². The highest BCUT2D eigenvalue weighted by Crippen LogP contribution is 2.32. The van der Waals surface area contributed by atoms with Gasteiger partial charge in [-0.25, -0.2) is 8.78 Å². The smallest absolute Gasteiger partial charge is 0.129 e. The Labute approximate surface area is 120 Å². The fourth-order valence-corrected chi connectivity index (χ4v) is 3.31. The van der Waals surface area contributed by atoms with Gasteiger partial charge in [0.2, 0.25) is 0 Å². The zero-order valence-electron chi connectivity index (χ0n) is 12.5. The molecule has 0 radical (unpaired) electrons. The van der Waals surface area contributed by atoms with Crippen molar-refractivity contribution in [3.05, 3.63) is 35.4 Å². The van der Waals surface area contributed by atoms with Gasteiger partial charge in [0, 0.05) is 11.6 Å². The maximum atomic E-state index is 13.8. The summed E-state index contributed by atoms with van der Waals surface area (Å²) in [5.41, 5.74) is 0.259. The molecule has 1 aromatic rings. The average molecular weight is 281 g/mol. The third-order valence-corrected chi connectivity index (χ3v) is 4.43. The zero-order chi connectivity index (χ0) is 14.5. The second-order valence-corrected chi connectivity index (χ2v) is 6.14. The molecule has 3 atom stereocenters. The van der Waals surface area contributed by atoms with Gasteiger partial charge < -0.3 is 5.32 Å². The van der Waals surface area contributed by atoms with Crippen molar-refractivity contribution in [2.24, 2.45) is 11.8 Å². The first kappa shape index (κ1) is 15.4. The van der Waals surface area contributed by atoms with E-state index in [9.17, 15) is 8.78 Å². The third-order valence-electron chi connectivity index (χ3n) is 4.43. The van der Waals surface area contributed by atoms with Crippen LogP contribution in [0.2, 0.25) is 0 Å². The minimum atomic E-state index is -0.405. The lowest BCUT2D eigenvalue weighted by Gasteiger charge is -2.36. The Morgan fingerprint density at radius 3 is 2.55 bits per heavy atom. The summed E-state index contributed by atoms with van der Waals surface area (Å²) in [5, 5.41) is 3.56. The quantitative estimate of drug-likeness (QED) is 0.848. The van der Waals surface area contributed by atoms with Crippen molar-refractivity contribution in [2.75, 3.05) is 6.54 Å². The van der Waals surface area contributed by atoms with Crippen LogP contribution in [0.25, 0.3) is 0 Å². The predicted molar refractivity (Wildman–Crippen MR) is 78.6 cm³/mol. The van der Waals surface area contributed by atoms with Gasteiger partial charge in [-0.05, 0) is 62.6 Å². The molecule has 2 rings (SSSR count). The standard InChI is InChI=1S/C17H25F2N/c1-3-9-20-17-8-7-12(2)10-13(17)11-14-15(18)5-4-6-16(14)19/h4-6,12-13,17,20H,3,7-11H2,1-2H3. The summed E-state index contributed by atoms with van der Waals surface area (Å²) in [5.74, 6) is 0.168. The lowest BCUT2D eigenvalue weighted by atomic mass is 9.76. The molecule has 0 amide bonds. The molecule has 1 N–H and O–H groups in total. The van der Waals surface area contributed by atoms with Crippen molar-refractivity contribution in [3.63, 3.8) is 0 Å². The van der Waals surface area contributed by atoms with E-state index in [4.69, 9.17) is 0 Å². The molecule has 1 aliphatic rings.